The van der Waals surface area contributed by atoms with Gasteiger partial charge in [0.15, 0.2) is 28.6 Å². The Morgan fingerprint density at radius 3 is 1.91 bits per heavy atom. The van der Waals surface area contributed by atoms with Gasteiger partial charge < -0.3 is 4.42 Å². The molecule has 0 unspecified atom stereocenters. The van der Waals surface area contributed by atoms with Gasteiger partial charge in [0, 0.05) is 40.7 Å². The summed E-state index contributed by atoms with van der Waals surface area (Å²) in [6.07, 6.45) is 5.47. The van der Waals surface area contributed by atoms with Gasteiger partial charge >= 0.3 is 0 Å². The van der Waals surface area contributed by atoms with Crippen molar-refractivity contribution in [3.05, 3.63) is 146 Å². The number of aromatic nitrogens is 6. The van der Waals surface area contributed by atoms with Gasteiger partial charge in [-0.3, -0.25) is 15.0 Å². The molecule has 7 nitrogen and oxygen atoms in total. The quantitative estimate of drug-likeness (QED) is 0.193. The molecule has 0 radical (unpaired) electrons. The average molecular weight is 605 g/mol. The second-order valence-electron chi connectivity index (χ2n) is 11.2. The van der Waals surface area contributed by atoms with Crippen LogP contribution in [0.1, 0.15) is 0 Å². The SMILES string of the molecule is c1ccc(-c2nc(-c3ccccc3)nc(-c3cccc(-c4cccc5cc(-c6nccc7c6oc6cccnc67)ncc45)c3)n2)cc1. The highest BCUT2D eigenvalue weighted by Crippen LogP contribution is 2.36. The lowest BCUT2D eigenvalue weighted by Crippen LogP contribution is -2.00. The van der Waals surface area contributed by atoms with E-state index in [-0.39, 0.29) is 0 Å². The van der Waals surface area contributed by atoms with E-state index >= 15 is 0 Å². The van der Waals surface area contributed by atoms with E-state index in [0.717, 1.165) is 60.8 Å². The first-order valence-electron chi connectivity index (χ1n) is 15.3. The summed E-state index contributed by atoms with van der Waals surface area (Å²) < 4.78 is 6.19. The molecule has 9 rings (SSSR count). The molecule has 4 aromatic carbocycles. The molecule has 7 heteroatoms. The average Bonchev–Trinajstić information content (AvgIpc) is 3.54. The Balaban J connectivity index is 1.14. The highest BCUT2D eigenvalue weighted by Gasteiger charge is 2.17. The fourth-order valence-corrected chi connectivity index (χ4v) is 6.02. The molecule has 0 aliphatic carbocycles. The maximum Gasteiger partial charge on any atom is 0.164 e. The lowest BCUT2D eigenvalue weighted by Gasteiger charge is -2.11. The molecule has 0 saturated carbocycles. The van der Waals surface area contributed by atoms with Gasteiger partial charge in [-0.1, -0.05) is 97.1 Å². The minimum Gasteiger partial charge on any atom is -0.452 e. The van der Waals surface area contributed by atoms with E-state index in [1.54, 1.807) is 12.4 Å². The molecular weight excluding hydrogens is 580 g/mol. The second-order valence-corrected chi connectivity index (χ2v) is 11.2. The molecule has 0 spiro atoms. The Kier molecular flexibility index (Phi) is 6.31. The maximum absolute atomic E-state index is 6.19. The Bertz CT molecular complexity index is 2520. The second kappa shape index (κ2) is 11.1. The van der Waals surface area contributed by atoms with Crippen molar-refractivity contribution in [2.75, 3.05) is 0 Å². The lowest BCUT2D eigenvalue weighted by molar-refractivity contribution is 0.667. The molecule has 5 heterocycles. The summed E-state index contributed by atoms with van der Waals surface area (Å²) in [5, 5.41) is 2.99. The summed E-state index contributed by atoms with van der Waals surface area (Å²) in [5.41, 5.74) is 8.51. The molecule has 0 atom stereocenters. The number of furan rings is 1. The highest BCUT2D eigenvalue weighted by atomic mass is 16.3. The number of rotatable bonds is 5. The van der Waals surface area contributed by atoms with Crippen molar-refractivity contribution in [3.8, 4) is 56.7 Å². The van der Waals surface area contributed by atoms with E-state index in [0.29, 0.717) is 28.8 Å². The van der Waals surface area contributed by atoms with Gasteiger partial charge in [-0.15, -0.1) is 0 Å². The van der Waals surface area contributed by atoms with Crippen LogP contribution in [0, 0.1) is 0 Å². The molecule has 0 aliphatic rings. The minimum atomic E-state index is 0.611. The zero-order chi connectivity index (χ0) is 31.2. The van der Waals surface area contributed by atoms with Gasteiger partial charge in [0.2, 0.25) is 0 Å². The number of nitrogens with zero attached hydrogens (tertiary/aromatic N) is 6. The van der Waals surface area contributed by atoms with Gasteiger partial charge in [0.1, 0.15) is 11.2 Å². The van der Waals surface area contributed by atoms with Crippen LogP contribution in [-0.2, 0) is 0 Å². The fourth-order valence-electron chi connectivity index (χ4n) is 6.02. The van der Waals surface area contributed by atoms with Crippen LogP contribution >= 0.6 is 0 Å². The number of fused-ring (bicyclic) bond motifs is 4. The van der Waals surface area contributed by atoms with Crippen LogP contribution in [0.15, 0.2) is 150 Å². The van der Waals surface area contributed by atoms with Crippen molar-refractivity contribution in [2.24, 2.45) is 0 Å². The summed E-state index contributed by atoms with van der Waals surface area (Å²) in [6, 6.07) is 42.4. The summed E-state index contributed by atoms with van der Waals surface area (Å²) >= 11 is 0. The van der Waals surface area contributed by atoms with Crippen molar-refractivity contribution >= 4 is 32.8 Å². The van der Waals surface area contributed by atoms with Crippen LogP contribution in [0.25, 0.3) is 89.5 Å². The van der Waals surface area contributed by atoms with Gasteiger partial charge in [-0.05, 0) is 46.8 Å². The van der Waals surface area contributed by atoms with Gasteiger partial charge in [-0.2, -0.15) is 0 Å². The van der Waals surface area contributed by atoms with Crippen molar-refractivity contribution in [2.45, 2.75) is 0 Å². The standard InChI is InChI=1S/C40H24N6O/c1-3-10-25(11-4-1)38-44-39(26-12-5-2-6-13-26)46-40(45-38)29-16-7-14-27(22-29)30-17-8-15-28-23-33(43-24-32(28)30)36-37-31(19-21-42-36)35-34(47-37)18-9-20-41-35/h1-24H. The largest absolute Gasteiger partial charge is 0.452 e. The molecule has 9 aromatic rings. The van der Waals surface area contributed by atoms with Gasteiger partial charge in [0.05, 0.1) is 11.1 Å². The molecule has 0 saturated heterocycles. The predicted molar refractivity (Wildman–Crippen MR) is 185 cm³/mol. The topological polar surface area (TPSA) is 90.5 Å². The zero-order valence-corrected chi connectivity index (χ0v) is 24.9. The van der Waals surface area contributed by atoms with Crippen LogP contribution in [0.2, 0.25) is 0 Å². The molecule has 0 amide bonds. The minimum absolute atomic E-state index is 0.611. The van der Waals surface area contributed by atoms with E-state index in [9.17, 15) is 0 Å². The van der Waals surface area contributed by atoms with Crippen molar-refractivity contribution in [1.82, 2.24) is 29.9 Å². The molecule has 0 N–H and O–H groups in total. The van der Waals surface area contributed by atoms with Crippen LogP contribution in [0.3, 0.4) is 0 Å². The van der Waals surface area contributed by atoms with E-state index in [1.807, 2.05) is 97.2 Å². The van der Waals surface area contributed by atoms with Gasteiger partial charge in [-0.25, -0.2) is 15.0 Å². The van der Waals surface area contributed by atoms with E-state index in [2.05, 4.69) is 46.4 Å². The molecule has 220 valence electrons. The molecule has 0 bridgehead atoms. The third kappa shape index (κ3) is 4.78. The zero-order valence-electron chi connectivity index (χ0n) is 24.9. The molecule has 0 fully saturated rings. The summed E-state index contributed by atoms with van der Waals surface area (Å²) in [5.74, 6) is 1.87. The summed E-state index contributed by atoms with van der Waals surface area (Å²) in [6.45, 7) is 0. The van der Waals surface area contributed by atoms with Crippen LogP contribution in [-0.4, -0.2) is 29.9 Å². The monoisotopic (exact) mass is 604 g/mol. The lowest BCUT2D eigenvalue weighted by atomic mass is 9.97. The normalized spacial score (nSPS) is 11.4. The highest BCUT2D eigenvalue weighted by molar-refractivity contribution is 6.07. The van der Waals surface area contributed by atoms with Gasteiger partial charge in [0.25, 0.3) is 0 Å². The number of pyridine rings is 3. The molecule has 5 aromatic heterocycles. The van der Waals surface area contributed by atoms with E-state index < -0.39 is 0 Å². The first-order chi connectivity index (χ1) is 23.3. The molecule has 0 aliphatic heterocycles. The number of hydrogen-bond donors (Lipinski definition) is 0. The first kappa shape index (κ1) is 26.8. The fraction of sp³-hybridized carbons (Fsp3) is 0. The summed E-state index contributed by atoms with van der Waals surface area (Å²) in [7, 11) is 0. The number of hydrogen-bond acceptors (Lipinski definition) is 7. The Morgan fingerprint density at radius 2 is 1.15 bits per heavy atom. The van der Waals surface area contributed by atoms with Crippen molar-refractivity contribution in [1.29, 1.82) is 0 Å². The van der Waals surface area contributed by atoms with Crippen LogP contribution in [0.4, 0.5) is 0 Å². The third-order valence-electron chi connectivity index (χ3n) is 8.28. The van der Waals surface area contributed by atoms with Crippen LogP contribution in [0.5, 0.6) is 0 Å². The molecule has 47 heavy (non-hydrogen) atoms. The Labute approximate surface area is 269 Å². The molecular formula is C40H24N6O. The smallest absolute Gasteiger partial charge is 0.164 e. The third-order valence-corrected chi connectivity index (χ3v) is 8.28. The first-order valence-corrected chi connectivity index (χ1v) is 15.3. The Hall–Kier alpha value is -6.60. The van der Waals surface area contributed by atoms with E-state index in [4.69, 9.17) is 24.4 Å². The van der Waals surface area contributed by atoms with Crippen molar-refractivity contribution < 1.29 is 4.42 Å². The summed E-state index contributed by atoms with van der Waals surface area (Å²) in [4.78, 5) is 28.7. The number of benzene rings is 4. The van der Waals surface area contributed by atoms with Crippen molar-refractivity contribution in [3.63, 3.8) is 0 Å². The predicted octanol–water partition coefficient (Wildman–Crippen LogP) is 9.44. The van der Waals surface area contributed by atoms with E-state index in [1.165, 1.54) is 0 Å². The maximum atomic E-state index is 6.19. The Morgan fingerprint density at radius 1 is 0.468 bits per heavy atom. The van der Waals surface area contributed by atoms with Crippen LogP contribution < -0.4 is 0 Å².